The minimum atomic E-state index is -0.870. The molecule has 2 rings (SSSR count). The summed E-state index contributed by atoms with van der Waals surface area (Å²) in [5.74, 6) is -0.629. The van der Waals surface area contributed by atoms with Crippen molar-refractivity contribution < 1.29 is 23.9 Å². The third-order valence-electron chi connectivity index (χ3n) is 4.54. The van der Waals surface area contributed by atoms with Gasteiger partial charge in [0.15, 0.2) is 0 Å². The normalized spacial score (nSPS) is 25.9. The zero-order valence-electron chi connectivity index (χ0n) is 14.5. The Morgan fingerprint density at radius 1 is 1.22 bits per heavy atom. The summed E-state index contributed by atoms with van der Waals surface area (Å²) in [5, 5.41) is 0. The van der Waals surface area contributed by atoms with E-state index in [0.717, 1.165) is 6.42 Å². The second-order valence-corrected chi connectivity index (χ2v) is 7.21. The van der Waals surface area contributed by atoms with Gasteiger partial charge >= 0.3 is 12.1 Å². The van der Waals surface area contributed by atoms with E-state index in [0.29, 0.717) is 25.9 Å². The molecular weight excluding hydrogens is 300 g/mol. The Hall–Kier alpha value is -1.79. The molecule has 0 radical (unpaired) electrons. The highest BCUT2D eigenvalue weighted by Gasteiger charge is 2.57. The Bertz CT molecular complexity index is 513. The van der Waals surface area contributed by atoms with Crippen molar-refractivity contribution in [2.75, 3.05) is 20.2 Å². The highest BCUT2D eigenvalue weighted by Crippen LogP contribution is 2.40. The standard InChI is InChI=1S/C16H26N2O5/c1-11(12(19)22-5)17-10-8-16(13(17)20)7-6-9-18(16)14(21)23-15(2,3)4/h11H,6-10H2,1-5H3/t11-,16-/m1/s1. The number of nitrogens with zero attached hydrogens (tertiary/aromatic N) is 2. The smallest absolute Gasteiger partial charge is 0.411 e. The van der Waals surface area contributed by atoms with Crippen molar-refractivity contribution in [1.82, 2.24) is 9.80 Å². The van der Waals surface area contributed by atoms with Crippen molar-refractivity contribution in [3.8, 4) is 0 Å². The van der Waals surface area contributed by atoms with Gasteiger partial charge in [-0.15, -0.1) is 0 Å². The first kappa shape index (κ1) is 17.6. The lowest BCUT2D eigenvalue weighted by molar-refractivity contribution is -0.152. The summed E-state index contributed by atoms with van der Waals surface area (Å²) in [7, 11) is 1.30. The molecule has 0 aromatic heterocycles. The molecule has 2 fully saturated rings. The van der Waals surface area contributed by atoms with Gasteiger partial charge in [-0.1, -0.05) is 0 Å². The van der Waals surface area contributed by atoms with Crippen LogP contribution in [0.15, 0.2) is 0 Å². The van der Waals surface area contributed by atoms with Crippen LogP contribution in [-0.4, -0.2) is 65.2 Å². The van der Waals surface area contributed by atoms with E-state index in [2.05, 4.69) is 0 Å². The summed E-state index contributed by atoms with van der Waals surface area (Å²) in [5.41, 5.74) is -1.48. The lowest BCUT2D eigenvalue weighted by atomic mass is 9.94. The van der Waals surface area contributed by atoms with Crippen LogP contribution in [0, 0.1) is 0 Å². The number of methoxy groups -OCH3 is 1. The predicted octanol–water partition coefficient (Wildman–Crippen LogP) is 1.55. The molecule has 0 aromatic rings. The molecule has 2 aliphatic heterocycles. The second kappa shape index (κ2) is 6.02. The van der Waals surface area contributed by atoms with Crippen LogP contribution >= 0.6 is 0 Å². The molecule has 7 nitrogen and oxygen atoms in total. The molecule has 0 unspecified atom stereocenters. The van der Waals surface area contributed by atoms with Gasteiger partial charge < -0.3 is 14.4 Å². The molecule has 2 saturated heterocycles. The van der Waals surface area contributed by atoms with Crippen LogP contribution in [0.25, 0.3) is 0 Å². The Morgan fingerprint density at radius 3 is 2.43 bits per heavy atom. The van der Waals surface area contributed by atoms with Crippen LogP contribution in [0.2, 0.25) is 0 Å². The second-order valence-electron chi connectivity index (χ2n) is 7.21. The van der Waals surface area contributed by atoms with Gasteiger partial charge in [-0.3, -0.25) is 9.69 Å². The molecule has 0 aliphatic carbocycles. The minimum Gasteiger partial charge on any atom is -0.467 e. The number of ether oxygens (including phenoxy) is 2. The van der Waals surface area contributed by atoms with E-state index in [1.54, 1.807) is 32.6 Å². The molecule has 2 aliphatic rings. The van der Waals surface area contributed by atoms with Crippen LogP contribution in [0.5, 0.6) is 0 Å². The van der Waals surface area contributed by atoms with Crippen LogP contribution in [0.1, 0.15) is 47.0 Å². The summed E-state index contributed by atoms with van der Waals surface area (Å²) in [6.07, 6.45) is 1.42. The fraction of sp³-hybridized carbons (Fsp3) is 0.812. The minimum absolute atomic E-state index is 0.182. The van der Waals surface area contributed by atoms with E-state index in [9.17, 15) is 14.4 Å². The lowest BCUT2D eigenvalue weighted by Gasteiger charge is -2.35. The summed E-state index contributed by atoms with van der Waals surface area (Å²) in [4.78, 5) is 40.2. The summed E-state index contributed by atoms with van der Waals surface area (Å²) in [6.45, 7) is 7.99. The van der Waals surface area contributed by atoms with Gasteiger partial charge in [-0.05, 0) is 47.0 Å². The summed E-state index contributed by atoms with van der Waals surface area (Å²) in [6, 6.07) is -0.645. The van der Waals surface area contributed by atoms with E-state index >= 15 is 0 Å². The number of carbonyl (C=O) groups excluding carboxylic acids is 3. The van der Waals surface area contributed by atoms with Gasteiger partial charge in [0.05, 0.1) is 7.11 Å². The molecule has 130 valence electrons. The quantitative estimate of drug-likeness (QED) is 0.720. The van der Waals surface area contributed by atoms with E-state index in [-0.39, 0.29) is 5.91 Å². The number of likely N-dealkylation sites (tertiary alicyclic amines) is 2. The molecular formula is C16H26N2O5. The molecule has 1 spiro atoms. The first-order chi connectivity index (χ1) is 10.6. The Labute approximate surface area is 136 Å². The predicted molar refractivity (Wildman–Crippen MR) is 82.7 cm³/mol. The molecule has 23 heavy (non-hydrogen) atoms. The van der Waals surface area contributed by atoms with Crippen molar-refractivity contribution in [2.45, 2.75) is 64.1 Å². The third-order valence-corrected chi connectivity index (χ3v) is 4.54. The van der Waals surface area contributed by atoms with Crippen molar-refractivity contribution in [1.29, 1.82) is 0 Å². The van der Waals surface area contributed by atoms with Crippen molar-refractivity contribution in [2.24, 2.45) is 0 Å². The number of rotatable bonds is 2. The van der Waals surface area contributed by atoms with Gasteiger partial charge in [0, 0.05) is 13.1 Å². The lowest BCUT2D eigenvalue weighted by Crippen LogP contribution is -2.55. The maximum Gasteiger partial charge on any atom is 0.411 e. The van der Waals surface area contributed by atoms with Crippen molar-refractivity contribution in [3.63, 3.8) is 0 Å². The number of amides is 2. The van der Waals surface area contributed by atoms with Gasteiger partial charge in [0.25, 0.3) is 0 Å². The molecule has 0 aromatic carbocycles. The highest BCUT2D eigenvalue weighted by molar-refractivity contribution is 5.95. The highest BCUT2D eigenvalue weighted by atomic mass is 16.6. The monoisotopic (exact) mass is 326 g/mol. The maximum absolute atomic E-state index is 12.9. The van der Waals surface area contributed by atoms with Crippen molar-refractivity contribution in [3.05, 3.63) is 0 Å². The van der Waals surface area contributed by atoms with Gasteiger partial charge in [-0.25, -0.2) is 9.59 Å². The van der Waals surface area contributed by atoms with Crippen LogP contribution < -0.4 is 0 Å². The number of hydrogen-bond acceptors (Lipinski definition) is 5. The average molecular weight is 326 g/mol. The van der Waals surface area contributed by atoms with E-state index in [1.165, 1.54) is 12.0 Å². The maximum atomic E-state index is 12.9. The van der Waals surface area contributed by atoms with Crippen LogP contribution in [-0.2, 0) is 19.1 Å². The summed E-state index contributed by atoms with van der Waals surface area (Å²) < 4.78 is 10.2. The largest absolute Gasteiger partial charge is 0.467 e. The number of esters is 1. The van der Waals surface area contributed by atoms with Gasteiger partial charge in [0.2, 0.25) is 5.91 Å². The Balaban J connectivity index is 2.19. The average Bonchev–Trinajstić information content (AvgIpc) is 3.02. The molecule has 2 atom stereocenters. The Morgan fingerprint density at radius 2 is 1.87 bits per heavy atom. The van der Waals surface area contributed by atoms with E-state index in [4.69, 9.17) is 9.47 Å². The molecule has 0 saturated carbocycles. The first-order valence-electron chi connectivity index (χ1n) is 8.02. The topological polar surface area (TPSA) is 76.2 Å². The first-order valence-corrected chi connectivity index (χ1v) is 8.02. The third kappa shape index (κ3) is 3.14. The van der Waals surface area contributed by atoms with Crippen molar-refractivity contribution >= 4 is 18.0 Å². The SMILES string of the molecule is COC(=O)[C@@H](C)N1CC[C@]2(CCCN2C(=O)OC(C)(C)C)C1=O. The molecule has 2 heterocycles. The van der Waals surface area contributed by atoms with Crippen LogP contribution in [0.4, 0.5) is 4.79 Å². The van der Waals surface area contributed by atoms with Gasteiger partial charge in [-0.2, -0.15) is 0 Å². The number of carbonyl (C=O) groups is 3. The van der Waals surface area contributed by atoms with Crippen LogP contribution in [0.3, 0.4) is 0 Å². The summed E-state index contributed by atoms with van der Waals surface area (Å²) >= 11 is 0. The molecule has 7 heteroatoms. The fourth-order valence-corrected chi connectivity index (χ4v) is 3.39. The van der Waals surface area contributed by atoms with E-state index < -0.39 is 29.2 Å². The fourth-order valence-electron chi connectivity index (χ4n) is 3.39. The Kier molecular flexibility index (Phi) is 4.59. The zero-order valence-corrected chi connectivity index (χ0v) is 14.5. The van der Waals surface area contributed by atoms with Gasteiger partial charge in [0.1, 0.15) is 17.2 Å². The van der Waals surface area contributed by atoms with E-state index in [1.807, 2.05) is 0 Å². The molecule has 2 amide bonds. The number of hydrogen-bond donors (Lipinski definition) is 0. The zero-order chi connectivity index (χ0) is 17.4. The molecule has 0 bridgehead atoms. The molecule has 0 N–H and O–H groups in total.